The van der Waals surface area contributed by atoms with E-state index in [2.05, 4.69) is 4.99 Å². The van der Waals surface area contributed by atoms with E-state index in [1.807, 2.05) is 0 Å². The van der Waals surface area contributed by atoms with E-state index in [9.17, 15) is 20.4 Å². The van der Waals surface area contributed by atoms with Gasteiger partial charge in [-0.2, -0.15) is 0 Å². The molecule has 0 saturated carbocycles. The normalized spacial score (nSPS) is 13.9. The second-order valence-electron chi connectivity index (χ2n) is 2.99. The van der Waals surface area contributed by atoms with Crippen molar-refractivity contribution < 1.29 is 20.4 Å². The third kappa shape index (κ3) is 0.938. The molecule has 1 aliphatic rings. The van der Waals surface area contributed by atoms with Gasteiger partial charge in [0.15, 0.2) is 17.3 Å². The van der Waals surface area contributed by atoms with E-state index in [0.717, 1.165) is 0 Å². The highest BCUT2D eigenvalue weighted by molar-refractivity contribution is 6.24. The lowest BCUT2D eigenvalue weighted by atomic mass is 10.0. The predicted molar refractivity (Wildman–Crippen MR) is 50.7 cm³/mol. The molecule has 7 N–H and O–H groups in total. The minimum Gasteiger partial charge on any atom is -0.504 e. The number of fused-ring (bicyclic) bond motifs is 1. The Kier molecular flexibility index (Phi) is 1.54. The van der Waals surface area contributed by atoms with Crippen molar-refractivity contribution in [2.24, 2.45) is 10.7 Å². The van der Waals surface area contributed by atoms with Crippen molar-refractivity contribution in [2.75, 3.05) is 0 Å². The van der Waals surface area contributed by atoms with E-state index >= 15 is 0 Å². The molecule has 0 spiro atoms. The molecule has 7 heteroatoms. The molecule has 0 atom stereocenters. The topological polar surface area (TPSA) is 143 Å². The Hall–Kier alpha value is -2.44. The maximum atomic E-state index is 9.43. The molecule has 2 rings (SSSR count). The van der Waals surface area contributed by atoms with E-state index in [-0.39, 0.29) is 22.8 Å². The highest BCUT2D eigenvalue weighted by Crippen LogP contribution is 2.48. The number of nitrogens with two attached hydrogens (primary N) is 1. The van der Waals surface area contributed by atoms with Crippen LogP contribution in [-0.4, -0.2) is 32.1 Å². The lowest BCUT2D eigenvalue weighted by Gasteiger charge is -2.09. The first-order valence-corrected chi connectivity index (χ1v) is 3.88. The third-order valence-corrected chi connectivity index (χ3v) is 2.12. The van der Waals surface area contributed by atoms with Crippen LogP contribution in [0.1, 0.15) is 11.1 Å². The van der Waals surface area contributed by atoms with Crippen LogP contribution in [0.5, 0.6) is 23.0 Å². The molecule has 0 amide bonds. The van der Waals surface area contributed by atoms with Crippen molar-refractivity contribution >= 4 is 11.7 Å². The summed E-state index contributed by atoms with van der Waals surface area (Å²) in [6.07, 6.45) is 0. The number of amidine groups is 2. The van der Waals surface area contributed by atoms with E-state index in [1.54, 1.807) is 0 Å². The second-order valence-corrected chi connectivity index (χ2v) is 2.99. The Labute approximate surface area is 83.3 Å². The third-order valence-electron chi connectivity index (χ3n) is 2.12. The predicted octanol–water partition coefficient (Wildman–Crippen LogP) is -0.447. The number of aliphatic imine (C=N–C) groups is 1. The summed E-state index contributed by atoms with van der Waals surface area (Å²) >= 11 is 0. The number of hydrogen-bond acceptors (Lipinski definition) is 6. The number of nitrogens with one attached hydrogen (secondary N) is 1. The van der Waals surface area contributed by atoms with E-state index in [0.29, 0.717) is 0 Å². The van der Waals surface area contributed by atoms with Gasteiger partial charge in [0.25, 0.3) is 0 Å². The van der Waals surface area contributed by atoms with Crippen LogP contribution in [0.15, 0.2) is 4.99 Å². The standard InChI is InChI=1S/C8H7N3O4/c9-7-1-2(8(10)11-7)4(13)6(15)5(14)3(1)12/h12-15H,(H3,9,10,11). The van der Waals surface area contributed by atoms with Crippen molar-refractivity contribution in [1.82, 2.24) is 0 Å². The van der Waals surface area contributed by atoms with Gasteiger partial charge in [-0.15, -0.1) is 0 Å². The highest BCUT2D eigenvalue weighted by atomic mass is 16.3. The van der Waals surface area contributed by atoms with Crippen molar-refractivity contribution in [1.29, 1.82) is 5.41 Å². The molecular formula is C8H7N3O4. The van der Waals surface area contributed by atoms with Gasteiger partial charge in [-0.05, 0) is 0 Å². The molecule has 1 aliphatic heterocycles. The fraction of sp³-hybridized carbons (Fsp3) is 0. The molecular weight excluding hydrogens is 202 g/mol. The molecule has 0 fully saturated rings. The van der Waals surface area contributed by atoms with Crippen molar-refractivity contribution in [3.63, 3.8) is 0 Å². The number of phenolic OH excluding ortho intramolecular Hbond substituents is 4. The Morgan fingerprint density at radius 2 is 1.33 bits per heavy atom. The lowest BCUT2D eigenvalue weighted by Crippen LogP contribution is -2.10. The summed E-state index contributed by atoms with van der Waals surface area (Å²) in [5.74, 6) is -3.80. The van der Waals surface area contributed by atoms with Crippen LogP contribution in [-0.2, 0) is 0 Å². The van der Waals surface area contributed by atoms with Gasteiger partial charge in [0.1, 0.15) is 5.84 Å². The van der Waals surface area contributed by atoms with Gasteiger partial charge in [0.05, 0.1) is 11.1 Å². The summed E-state index contributed by atoms with van der Waals surface area (Å²) in [4.78, 5) is 3.50. The summed E-state index contributed by atoms with van der Waals surface area (Å²) in [5.41, 5.74) is 5.03. The SMILES string of the molecule is N=C1N=C(N)c2c(O)c(O)c(O)c(O)c21. The van der Waals surface area contributed by atoms with Gasteiger partial charge < -0.3 is 26.2 Å². The number of hydrogen-bond donors (Lipinski definition) is 6. The van der Waals surface area contributed by atoms with Crippen molar-refractivity contribution in [2.45, 2.75) is 0 Å². The summed E-state index contributed by atoms with van der Waals surface area (Å²) in [7, 11) is 0. The maximum absolute atomic E-state index is 9.43. The summed E-state index contributed by atoms with van der Waals surface area (Å²) in [6.45, 7) is 0. The molecule has 0 saturated heterocycles. The molecule has 1 heterocycles. The average Bonchev–Trinajstić information content (AvgIpc) is 2.47. The van der Waals surface area contributed by atoms with Gasteiger partial charge in [-0.25, -0.2) is 4.99 Å². The molecule has 7 nitrogen and oxygen atoms in total. The van der Waals surface area contributed by atoms with E-state index in [4.69, 9.17) is 11.1 Å². The summed E-state index contributed by atoms with van der Waals surface area (Å²) in [6, 6.07) is 0. The molecule has 0 aliphatic carbocycles. The molecule has 1 aromatic rings. The smallest absolute Gasteiger partial charge is 0.205 e. The quantitative estimate of drug-likeness (QED) is 0.253. The molecule has 0 unspecified atom stereocenters. The van der Waals surface area contributed by atoms with Crippen LogP contribution < -0.4 is 5.73 Å². The van der Waals surface area contributed by atoms with E-state index < -0.39 is 23.0 Å². The van der Waals surface area contributed by atoms with Gasteiger partial charge in [-0.3, -0.25) is 5.41 Å². The zero-order valence-electron chi connectivity index (χ0n) is 7.31. The zero-order chi connectivity index (χ0) is 11.3. The summed E-state index contributed by atoms with van der Waals surface area (Å²) < 4.78 is 0. The molecule has 15 heavy (non-hydrogen) atoms. The van der Waals surface area contributed by atoms with Crippen molar-refractivity contribution in [3.05, 3.63) is 11.1 Å². The largest absolute Gasteiger partial charge is 0.504 e. The van der Waals surface area contributed by atoms with Gasteiger partial charge in [0, 0.05) is 0 Å². The minimum atomic E-state index is -0.902. The lowest BCUT2D eigenvalue weighted by molar-refractivity contribution is 0.345. The number of nitrogens with zero attached hydrogens (tertiary/aromatic N) is 1. The fourth-order valence-corrected chi connectivity index (χ4v) is 1.41. The number of benzene rings is 1. The molecule has 0 bridgehead atoms. The first-order chi connectivity index (χ1) is 6.95. The maximum Gasteiger partial charge on any atom is 0.205 e. The van der Waals surface area contributed by atoms with Gasteiger partial charge in [-0.1, -0.05) is 0 Å². The van der Waals surface area contributed by atoms with E-state index in [1.165, 1.54) is 0 Å². The van der Waals surface area contributed by atoms with Crippen LogP contribution in [0, 0.1) is 5.41 Å². The van der Waals surface area contributed by atoms with Crippen LogP contribution in [0.3, 0.4) is 0 Å². The van der Waals surface area contributed by atoms with Crippen LogP contribution in [0.2, 0.25) is 0 Å². The Balaban J connectivity index is 2.92. The summed E-state index contributed by atoms with van der Waals surface area (Å²) in [5, 5.41) is 44.6. The first kappa shape index (κ1) is 9.13. The molecule has 0 aromatic heterocycles. The van der Waals surface area contributed by atoms with Gasteiger partial charge >= 0.3 is 0 Å². The fourth-order valence-electron chi connectivity index (χ4n) is 1.41. The van der Waals surface area contributed by atoms with Crippen molar-refractivity contribution in [3.8, 4) is 23.0 Å². The Morgan fingerprint density at radius 3 is 1.87 bits per heavy atom. The average molecular weight is 209 g/mol. The Morgan fingerprint density at radius 1 is 0.867 bits per heavy atom. The number of aromatic hydroxyl groups is 4. The molecule has 1 aromatic carbocycles. The van der Waals surface area contributed by atoms with Crippen LogP contribution >= 0.6 is 0 Å². The van der Waals surface area contributed by atoms with Crippen LogP contribution in [0.25, 0.3) is 0 Å². The highest BCUT2D eigenvalue weighted by Gasteiger charge is 2.31. The van der Waals surface area contributed by atoms with Gasteiger partial charge in [0.2, 0.25) is 11.5 Å². The Bertz CT molecular complexity index is 521. The minimum absolute atomic E-state index is 0.146. The van der Waals surface area contributed by atoms with Crippen LogP contribution in [0.4, 0.5) is 0 Å². The molecule has 78 valence electrons. The number of phenols is 4. The zero-order valence-corrected chi connectivity index (χ0v) is 7.31. The monoisotopic (exact) mass is 209 g/mol. The molecule has 0 radical (unpaired) electrons. The first-order valence-electron chi connectivity index (χ1n) is 3.88. The number of rotatable bonds is 0. The second kappa shape index (κ2) is 2.53.